The van der Waals surface area contributed by atoms with Crippen molar-refractivity contribution in [2.45, 2.75) is 37.8 Å². The number of sulfonamides is 1. The number of benzene rings is 2. The maximum absolute atomic E-state index is 13.1. The molecule has 0 aliphatic rings. The zero-order valence-electron chi connectivity index (χ0n) is 14.9. The largest absolute Gasteiger partial charge is 0.353 e. The number of carbonyl (C=O) groups excluding carboxylic acids is 1. The minimum absolute atomic E-state index is 0.00328. The van der Waals surface area contributed by atoms with Crippen molar-refractivity contribution in [1.82, 2.24) is 9.62 Å². The normalized spacial score (nSPS) is 12.8. The van der Waals surface area contributed by atoms with Crippen LogP contribution in [0.4, 0.5) is 0 Å². The molecule has 0 aliphatic carbocycles. The molecule has 0 saturated heterocycles. The Labute approximate surface area is 163 Å². The Balaban J connectivity index is 2.29. The summed E-state index contributed by atoms with van der Waals surface area (Å²) >= 11 is 3.31. The Morgan fingerprint density at radius 3 is 2.31 bits per heavy atom. The molecule has 2 aromatic carbocycles. The van der Waals surface area contributed by atoms with Crippen molar-refractivity contribution in [3.8, 4) is 0 Å². The van der Waals surface area contributed by atoms with Crippen LogP contribution in [0, 0.1) is 0 Å². The van der Waals surface area contributed by atoms with Crippen LogP contribution in [0.2, 0.25) is 0 Å². The monoisotopic (exact) mass is 438 g/mol. The molecule has 1 atom stereocenters. The molecule has 1 N–H and O–H groups in total. The maximum atomic E-state index is 13.1. The molecule has 0 radical (unpaired) electrons. The minimum Gasteiger partial charge on any atom is -0.353 e. The minimum atomic E-state index is -3.80. The highest BCUT2D eigenvalue weighted by Gasteiger charge is 2.27. The Morgan fingerprint density at radius 2 is 1.73 bits per heavy atom. The zero-order chi connectivity index (χ0) is 19.2. The quantitative estimate of drug-likeness (QED) is 0.684. The highest BCUT2D eigenvalue weighted by Crippen LogP contribution is 2.20. The van der Waals surface area contributed by atoms with Gasteiger partial charge < -0.3 is 5.32 Å². The van der Waals surface area contributed by atoms with E-state index in [1.807, 2.05) is 44.2 Å². The molecule has 2 aromatic rings. The predicted octanol–water partition coefficient (Wildman–Crippen LogP) is 3.55. The SMILES string of the molecule is CCC(C)NC(=O)CN(Cc1ccccc1)S(=O)(=O)c1ccc(Br)cc1. The number of hydrogen-bond donors (Lipinski definition) is 1. The van der Waals surface area contributed by atoms with Crippen LogP contribution in [0.3, 0.4) is 0 Å². The van der Waals surface area contributed by atoms with Crippen LogP contribution in [-0.4, -0.2) is 31.2 Å². The number of halogens is 1. The smallest absolute Gasteiger partial charge is 0.243 e. The van der Waals surface area contributed by atoms with Crippen molar-refractivity contribution in [3.63, 3.8) is 0 Å². The van der Waals surface area contributed by atoms with Gasteiger partial charge in [0.25, 0.3) is 0 Å². The van der Waals surface area contributed by atoms with E-state index in [1.54, 1.807) is 12.1 Å². The fraction of sp³-hybridized carbons (Fsp3) is 0.316. The lowest BCUT2D eigenvalue weighted by Crippen LogP contribution is -2.43. The highest BCUT2D eigenvalue weighted by molar-refractivity contribution is 9.10. The number of carbonyl (C=O) groups is 1. The van der Waals surface area contributed by atoms with Gasteiger partial charge in [0.1, 0.15) is 0 Å². The molecule has 0 heterocycles. The van der Waals surface area contributed by atoms with Crippen molar-refractivity contribution in [2.24, 2.45) is 0 Å². The molecule has 0 spiro atoms. The molecule has 0 bridgehead atoms. The van der Waals surface area contributed by atoms with E-state index < -0.39 is 10.0 Å². The van der Waals surface area contributed by atoms with Gasteiger partial charge in [0.2, 0.25) is 15.9 Å². The summed E-state index contributed by atoms with van der Waals surface area (Å²) in [6.07, 6.45) is 0.782. The summed E-state index contributed by atoms with van der Waals surface area (Å²) < 4.78 is 28.1. The Morgan fingerprint density at radius 1 is 1.12 bits per heavy atom. The van der Waals surface area contributed by atoms with Crippen LogP contribution in [0.1, 0.15) is 25.8 Å². The van der Waals surface area contributed by atoms with E-state index >= 15 is 0 Å². The number of amides is 1. The van der Waals surface area contributed by atoms with Crippen molar-refractivity contribution in [2.75, 3.05) is 6.54 Å². The number of hydrogen-bond acceptors (Lipinski definition) is 3. The fourth-order valence-corrected chi connectivity index (χ4v) is 4.00. The van der Waals surface area contributed by atoms with E-state index in [1.165, 1.54) is 16.4 Å². The van der Waals surface area contributed by atoms with Gasteiger partial charge in [-0.15, -0.1) is 0 Å². The molecule has 140 valence electrons. The van der Waals surface area contributed by atoms with Crippen LogP contribution >= 0.6 is 15.9 Å². The molecule has 26 heavy (non-hydrogen) atoms. The van der Waals surface area contributed by atoms with Crippen LogP contribution in [0.5, 0.6) is 0 Å². The molecule has 0 saturated carbocycles. The lowest BCUT2D eigenvalue weighted by atomic mass is 10.2. The molecule has 1 amide bonds. The molecule has 5 nitrogen and oxygen atoms in total. The topological polar surface area (TPSA) is 66.5 Å². The van der Waals surface area contributed by atoms with Gasteiger partial charge in [-0.2, -0.15) is 4.31 Å². The summed E-state index contributed by atoms with van der Waals surface area (Å²) in [6.45, 7) is 3.76. The van der Waals surface area contributed by atoms with Gasteiger partial charge in [-0.3, -0.25) is 4.79 Å². The summed E-state index contributed by atoms with van der Waals surface area (Å²) in [4.78, 5) is 12.5. The van der Waals surface area contributed by atoms with E-state index in [4.69, 9.17) is 0 Å². The molecule has 2 rings (SSSR count). The molecule has 1 unspecified atom stereocenters. The number of nitrogens with one attached hydrogen (secondary N) is 1. The molecule has 7 heteroatoms. The van der Waals surface area contributed by atoms with Gasteiger partial charge >= 0.3 is 0 Å². The van der Waals surface area contributed by atoms with Gasteiger partial charge in [0.05, 0.1) is 11.4 Å². The summed E-state index contributed by atoms with van der Waals surface area (Å²) in [5.74, 6) is -0.309. The Hall–Kier alpha value is -1.70. The molecule has 0 fully saturated rings. The third-order valence-electron chi connectivity index (χ3n) is 3.99. The molecule has 0 aliphatic heterocycles. The van der Waals surface area contributed by atoms with E-state index in [9.17, 15) is 13.2 Å². The van der Waals surface area contributed by atoms with Crippen LogP contribution in [0.15, 0.2) is 64.0 Å². The van der Waals surface area contributed by atoms with E-state index in [-0.39, 0.29) is 29.9 Å². The Kier molecular flexibility index (Phi) is 7.37. The third-order valence-corrected chi connectivity index (χ3v) is 6.33. The zero-order valence-corrected chi connectivity index (χ0v) is 17.3. The lowest BCUT2D eigenvalue weighted by Gasteiger charge is -2.23. The van der Waals surface area contributed by atoms with Crippen LogP contribution < -0.4 is 5.32 Å². The van der Waals surface area contributed by atoms with Gasteiger partial charge in [0.15, 0.2) is 0 Å². The average Bonchev–Trinajstić information content (AvgIpc) is 2.62. The first kappa shape index (κ1) is 20.6. The van der Waals surface area contributed by atoms with Crippen molar-refractivity contribution in [3.05, 3.63) is 64.6 Å². The first-order valence-corrected chi connectivity index (χ1v) is 10.6. The van der Waals surface area contributed by atoms with E-state index in [2.05, 4.69) is 21.2 Å². The van der Waals surface area contributed by atoms with Crippen molar-refractivity contribution in [1.29, 1.82) is 0 Å². The second-order valence-electron chi connectivity index (χ2n) is 6.09. The fourth-order valence-electron chi connectivity index (χ4n) is 2.35. The second kappa shape index (κ2) is 9.30. The summed E-state index contributed by atoms with van der Waals surface area (Å²) in [5.41, 5.74) is 0.824. The summed E-state index contributed by atoms with van der Waals surface area (Å²) in [6, 6.07) is 15.7. The van der Waals surface area contributed by atoms with Gasteiger partial charge in [-0.1, -0.05) is 53.2 Å². The van der Waals surface area contributed by atoms with Gasteiger partial charge in [-0.25, -0.2) is 8.42 Å². The molecular weight excluding hydrogens is 416 g/mol. The average molecular weight is 439 g/mol. The molecular formula is C19H23BrN2O3S. The highest BCUT2D eigenvalue weighted by atomic mass is 79.9. The molecule has 0 aromatic heterocycles. The summed E-state index contributed by atoms with van der Waals surface area (Å²) in [7, 11) is -3.80. The first-order valence-electron chi connectivity index (χ1n) is 8.42. The maximum Gasteiger partial charge on any atom is 0.243 e. The Bertz CT molecular complexity index is 824. The first-order chi connectivity index (χ1) is 12.3. The second-order valence-corrected chi connectivity index (χ2v) is 8.94. The van der Waals surface area contributed by atoms with E-state index in [0.29, 0.717) is 0 Å². The number of nitrogens with zero attached hydrogens (tertiary/aromatic N) is 1. The third kappa shape index (κ3) is 5.65. The van der Waals surface area contributed by atoms with Gasteiger partial charge in [0, 0.05) is 17.1 Å². The van der Waals surface area contributed by atoms with Gasteiger partial charge in [-0.05, 0) is 43.2 Å². The van der Waals surface area contributed by atoms with E-state index in [0.717, 1.165) is 16.5 Å². The predicted molar refractivity (Wildman–Crippen MR) is 106 cm³/mol. The van der Waals surface area contributed by atoms with Crippen molar-refractivity contribution < 1.29 is 13.2 Å². The van der Waals surface area contributed by atoms with Crippen molar-refractivity contribution >= 4 is 31.9 Å². The number of rotatable bonds is 8. The standard InChI is InChI=1S/C19H23BrN2O3S/c1-3-15(2)21-19(23)14-22(13-16-7-5-4-6-8-16)26(24,25)18-11-9-17(20)10-12-18/h4-12,15H,3,13-14H2,1-2H3,(H,21,23). The van der Waals surface area contributed by atoms with Crippen LogP contribution in [-0.2, 0) is 21.4 Å². The summed E-state index contributed by atoms with van der Waals surface area (Å²) in [5, 5.41) is 2.83. The van der Waals surface area contributed by atoms with Crippen LogP contribution in [0.25, 0.3) is 0 Å². The lowest BCUT2D eigenvalue weighted by molar-refractivity contribution is -0.122.